The molecule has 1 aromatic carbocycles. The molecule has 0 spiro atoms. The van der Waals surface area contributed by atoms with E-state index in [4.69, 9.17) is 15.2 Å². The first-order valence-electron chi connectivity index (χ1n) is 21.8. The van der Waals surface area contributed by atoms with Crippen LogP contribution in [-0.2, 0) is 46.4 Å². The van der Waals surface area contributed by atoms with Gasteiger partial charge in [0, 0.05) is 58.4 Å². The zero-order valence-corrected chi connectivity index (χ0v) is 38.6. The molecule has 61 heavy (non-hydrogen) atoms. The topological polar surface area (TPSA) is 189 Å². The van der Waals surface area contributed by atoms with Gasteiger partial charge in [-0.15, -0.1) is 0 Å². The molecule has 9 atom stereocenters. The number of hydrogen-bond donors (Lipinski definition) is 4. The fourth-order valence-electron chi connectivity index (χ4n) is 8.60. The lowest BCUT2D eigenvalue weighted by atomic mass is 9.89. The number of likely N-dealkylation sites (N-methyl/N-ethyl adjacent to an activating group) is 2. The van der Waals surface area contributed by atoms with Gasteiger partial charge in [0.25, 0.3) is 0 Å². The van der Waals surface area contributed by atoms with Gasteiger partial charge < -0.3 is 41.0 Å². The second kappa shape index (κ2) is 24.1. The summed E-state index contributed by atoms with van der Waals surface area (Å²) in [4.78, 5) is 79.5. The van der Waals surface area contributed by atoms with E-state index in [9.17, 15) is 24.0 Å². The Bertz CT molecular complexity index is 1700. The number of likely N-dealkylation sites (tertiary alicyclic amines) is 1. The summed E-state index contributed by atoms with van der Waals surface area (Å²) >= 11 is 0. The molecule has 15 heteroatoms. The molecule has 1 aliphatic rings. The van der Waals surface area contributed by atoms with Crippen LogP contribution in [0, 0.1) is 23.7 Å². The van der Waals surface area contributed by atoms with Crippen molar-refractivity contribution >= 4 is 35.2 Å². The first-order valence-corrected chi connectivity index (χ1v) is 21.8. The van der Waals surface area contributed by atoms with E-state index in [0.29, 0.717) is 30.8 Å². The molecule has 0 radical (unpaired) electrons. The van der Waals surface area contributed by atoms with Crippen LogP contribution >= 0.6 is 0 Å². The van der Waals surface area contributed by atoms with E-state index in [2.05, 4.69) is 20.9 Å². The molecule has 1 aromatic heterocycles. The second-order valence-electron chi connectivity index (χ2n) is 17.5. The van der Waals surface area contributed by atoms with E-state index >= 15 is 0 Å². The number of hydrogen-bond acceptors (Lipinski definition) is 10. The van der Waals surface area contributed by atoms with Crippen LogP contribution in [-0.4, -0.2) is 134 Å². The Balaban J connectivity index is 1.79. The Labute approximate surface area is 364 Å². The first-order chi connectivity index (χ1) is 28.9. The van der Waals surface area contributed by atoms with E-state index in [0.717, 1.165) is 12.0 Å². The number of nitrogens with one attached hydrogen (secondary N) is 3. The standard InChI is InChI=1S/C46H74N8O7/c1-13-30(6)41(53(10)46(59)39(28(2)3)51-45(58)40(29(4)5)52(8)9)37(60-11)26-38(55)54-24-16-18-36(54)42(61-12)31(7)43(56)50-35(25-34-17-14-15-23-48-34)44(57)49-27-32-19-21-33(47)22-20-32/h14-15,17,19-23,28-31,35-37,39-42H,13,16,18,24-27,47H2,1-12H3,(H,49,57)(H,50,56)(H,51,58)/t30-,31+,35?,36-,37+,39?,40-,41-,42+/m0/s1. The number of carbonyl (C=O) groups is 5. The number of pyridine rings is 1. The summed E-state index contributed by atoms with van der Waals surface area (Å²) in [6, 6.07) is 9.58. The van der Waals surface area contributed by atoms with Crippen molar-refractivity contribution in [2.45, 2.75) is 130 Å². The Kier molecular flexibility index (Phi) is 20.1. The zero-order chi connectivity index (χ0) is 45.6. The highest BCUT2D eigenvalue weighted by atomic mass is 16.5. The highest BCUT2D eigenvalue weighted by molar-refractivity contribution is 5.90. The molecule has 1 saturated heterocycles. The minimum absolute atomic E-state index is 0.00821. The molecule has 1 fully saturated rings. The summed E-state index contributed by atoms with van der Waals surface area (Å²) < 4.78 is 12.1. The van der Waals surface area contributed by atoms with Gasteiger partial charge in [0.15, 0.2) is 0 Å². The average molecular weight is 851 g/mol. The number of benzene rings is 1. The smallest absolute Gasteiger partial charge is 0.245 e. The third-order valence-electron chi connectivity index (χ3n) is 12.2. The largest absolute Gasteiger partial charge is 0.399 e. The molecule has 5 amide bonds. The Morgan fingerprint density at radius 3 is 2.10 bits per heavy atom. The fourth-order valence-corrected chi connectivity index (χ4v) is 8.60. The first kappa shape index (κ1) is 50.8. The molecule has 2 aromatic rings. The van der Waals surface area contributed by atoms with Crippen molar-refractivity contribution in [2.24, 2.45) is 23.7 Å². The van der Waals surface area contributed by atoms with Crippen molar-refractivity contribution in [1.29, 1.82) is 0 Å². The maximum atomic E-state index is 14.4. The van der Waals surface area contributed by atoms with Gasteiger partial charge in [-0.25, -0.2) is 0 Å². The van der Waals surface area contributed by atoms with Crippen molar-refractivity contribution in [2.75, 3.05) is 47.6 Å². The van der Waals surface area contributed by atoms with Crippen LogP contribution in [0.2, 0.25) is 0 Å². The molecule has 5 N–H and O–H groups in total. The van der Waals surface area contributed by atoms with Crippen molar-refractivity contribution < 1.29 is 33.4 Å². The number of ether oxygens (including phenoxy) is 2. The number of aromatic nitrogens is 1. The molecular weight excluding hydrogens is 777 g/mol. The van der Waals surface area contributed by atoms with Gasteiger partial charge in [0.05, 0.1) is 42.7 Å². The quantitative estimate of drug-likeness (QED) is 0.120. The van der Waals surface area contributed by atoms with Crippen molar-refractivity contribution in [3.63, 3.8) is 0 Å². The molecule has 0 aliphatic carbocycles. The molecule has 0 saturated carbocycles. The number of carbonyl (C=O) groups excluding carboxylic acids is 5. The molecule has 2 unspecified atom stereocenters. The Hall–Kier alpha value is -4.60. The van der Waals surface area contributed by atoms with Crippen LogP contribution < -0.4 is 21.7 Å². The third kappa shape index (κ3) is 14.0. The van der Waals surface area contributed by atoms with Crippen molar-refractivity contribution in [1.82, 2.24) is 35.6 Å². The predicted octanol–water partition coefficient (Wildman–Crippen LogP) is 3.65. The summed E-state index contributed by atoms with van der Waals surface area (Å²) in [5, 5.41) is 8.93. The van der Waals surface area contributed by atoms with Crippen LogP contribution in [0.15, 0.2) is 48.7 Å². The van der Waals surface area contributed by atoms with Gasteiger partial charge in [-0.1, -0.05) is 73.1 Å². The number of nitrogens with zero attached hydrogens (tertiary/aromatic N) is 4. The van der Waals surface area contributed by atoms with Gasteiger partial charge in [0.1, 0.15) is 12.1 Å². The normalized spacial score (nSPS) is 18.1. The molecule has 15 nitrogen and oxygen atoms in total. The second-order valence-corrected chi connectivity index (χ2v) is 17.5. The SMILES string of the molecule is CC[C@H](C)[C@@H]([C@@H](CC(=O)N1CCC[C@H]1[C@H](OC)[C@@H](C)C(=O)NC(Cc1ccccn1)C(=O)NCc1ccc(N)cc1)OC)N(C)C(=O)C(NC(=O)[C@H](C(C)C)N(C)C)C(C)C. The number of rotatable bonds is 23. The lowest BCUT2D eigenvalue weighted by Crippen LogP contribution is -2.59. The van der Waals surface area contributed by atoms with E-state index in [1.54, 1.807) is 61.3 Å². The minimum Gasteiger partial charge on any atom is -0.399 e. The van der Waals surface area contributed by atoms with Crippen LogP contribution in [0.25, 0.3) is 0 Å². The molecule has 0 bridgehead atoms. The lowest BCUT2D eigenvalue weighted by molar-refractivity contribution is -0.148. The molecule has 340 valence electrons. The number of nitrogen functional groups attached to an aromatic ring is 1. The van der Waals surface area contributed by atoms with E-state index in [1.165, 1.54) is 7.11 Å². The fraction of sp³-hybridized carbons (Fsp3) is 0.652. The molecular formula is C46H74N8O7. The van der Waals surface area contributed by atoms with Crippen molar-refractivity contribution in [3.05, 3.63) is 59.9 Å². The van der Waals surface area contributed by atoms with Crippen molar-refractivity contribution in [3.8, 4) is 0 Å². The van der Waals surface area contributed by atoms with E-state index in [1.807, 2.05) is 78.7 Å². The lowest BCUT2D eigenvalue weighted by Gasteiger charge is -2.41. The van der Waals surface area contributed by atoms with Crippen LogP contribution in [0.3, 0.4) is 0 Å². The minimum atomic E-state index is -0.926. The van der Waals surface area contributed by atoms with Gasteiger partial charge >= 0.3 is 0 Å². The van der Waals surface area contributed by atoms with E-state index < -0.39 is 54.2 Å². The van der Waals surface area contributed by atoms with Gasteiger partial charge in [-0.3, -0.25) is 33.9 Å². The third-order valence-corrected chi connectivity index (χ3v) is 12.2. The molecule has 1 aliphatic heterocycles. The predicted molar refractivity (Wildman–Crippen MR) is 238 cm³/mol. The number of amides is 5. The maximum absolute atomic E-state index is 14.4. The summed E-state index contributed by atoms with van der Waals surface area (Å²) in [5.41, 5.74) is 7.95. The van der Waals surface area contributed by atoms with Crippen LogP contribution in [0.4, 0.5) is 5.69 Å². The van der Waals surface area contributed by atoms with Crippen LogP contribution in [0.1, 0.15) is 85.4 Å². The van der Waals surface area contributed by atoms with Gasteiger partial charge in [0.2, 0.25) is 29.5 Å². The van der Waals surface area contributed by atoms with E-state index in [-0.39, 0.29) is 60.8 Å². The summed E-state index contributed by atoms with van der Waals surface area (Å²) in [6.45, 7) is 14.3. The highest BCUT2D eigenvalue weighted by Crippen LogP contribution is 2.30. The molecule has 3 rings (SSSR count). The summed E-state index contributed by atoms with van der Waals surface area (Å²) in [5.74, 6) is -2.34. The summed E-state index contributed by atoms with van der Waals surface area (Å²) in [6.07, 6.45) is 2.52. The molecule has 2 heterocycles. The average Bonchev–Trinajstić information content (AvgIpc) is 3.71. The monoisotopic (exact) mass is 851 g/mol. The summed E-state index contributed by atoms with van der Waals surface area (Å²) in [7, 11) is 8.51. The number of nitrogens with two attached hydrogens (primary N) is 1. The van der Waals surface area contributed by atoms with Gasteiger partial charge in [-0.05, 0) is 74.5 Å². The van der Waals surface area contributed by atoms with Crippen LogP contribution in [0.5, 0.6) is 0 Å². The number of methoxy groups -OCH3 is 2. The zero-order valence-electron chi connectivity index (χ0n) is 38.6. The Morgan fingerprint density at radius 1 is 0.885 bits per heavy atom. The Morgan fingerprint density at radius 2 is 1.56 bits per heavy atom. The highest BCUT2D eigenvalue weighted by Gasteiger charge is 2.43. The number of anilines is 1. The maximum Gasteiger partial charge on any atom is 0.245 e. The van der Waals surface area contributed by atoms with Gasteiger partial charge in [-0.2, -0.15) is 0 Å².